The lowest BCUT2D eigenvalue weighted by Gasteiger charge is -2.33. The number of aliphatic hydroxyl groups excluding tert-OH is 1. The van der Waals surface area contributed by atoms with Crippen LogP contribution in [0.15, 0.2) is 47.5 Å². The number of fused-ring (bicyclic) bond motifs is 1. The Morgan fingerprint density at radius 3 is 2.97 bits per heavy atom. The van der Waals surface area contributed by atoms with E-state index >= 15 is 0 Å². The second-order valence-corrected chi connectivity index (χ2v) is 10.4. The SMILES string of the molecule is COC1CC(Cc2cc(C(=O)NC[C@H](O)CN3CCc4c(ccc(OCc5cnco5)c4C)C3)ccn2)C1. The largest absolute Gasteiger partial charge is 0.485 e. The molecule has 2 N–H and O–H groups in total. The molecule has 9 heteroatoms. The molecule has 0 saturated heterocycles. The molecule has 0 spiro atoms. The lowest BCUT2D eigenvalue weighted by atomic mass is 9.79. The number of pyridine rings is 1. The van der Waals surface area contributed by atoms with E-state index in [1.54, 1.807) is 25.6 Å². The van der Waals surface area contributed by atoms with E-state index in [1.165, 1.54) is 17.5 Å². The molecule has 1 atom stereocenters. The van der Waals surface area contributed by atoms with E-state index in [2.05, 4.69) is 33.2 Å². The molecule has 2 aromatic heterocycles. The van der Waals surface area contributed by atoms with Gasteiger partial charge in [-0.2, -0.15) is 0 Å². The smallest absolute Gasteiger partial charge is 0.251 e. The van der Waals surface area contributed by atoms with E-state index in [0.29, 0.717) is 36.5 Å². The van der Waals surface area contributed by atoms with Gasteiger partial charge in [-0.1, -0.05) is 6.07 Å². The molecule has 5 rings (SSSR count). The van der Waals surface area contributed by atoms with Crippen molar-refractivity contribution in [3.8, 4) is 5.75 Å². The van der Waals surface area contributed by atoms with Gasteiger partial charge in [-0.05, 0) is 73.4 Å². The number of aromatic nitrogens is 2. The maximum absolute atomic E-state index is 12.7. The molecule has 38 heavy (non-hydrogen) atoms. The Morgan fingerprint density at radius 2 is 2.18 bits per heavy atom. The van der Waals surface area contributed by atoms with Crippen molar-refractivity contribution in [1.82, 2.24) is 20.2 Å². The summed E-state index contributed by atoms with van der Waals surface area (Å²) >= 11 is 0. The second kappa shape index (κ2) is 12.1. The maximum Gasteiger partial charge on any atom is 0.251 e. The quantitative estimate of drug-likeness (QED) is 0.397. The van der Waals surface area contributed by atoms with Crippen molar-refractivity contribution in [2.45, 2.75) is 58.0 Å². The van der Waals surface area contributed by atoms with Gasteiger partial charge in [0.05, 0.1) is 18.4 Å². The Kier molecular flexibility index (Phi) is 8.36. The minimum absolute atomic E-state index is 0.187. The molecule has 0 unspecified atom stereocenters. The molecular formula is C29H36N4O5. The molecular weight excluding hydrogens is 484 g/mol. The van der Waals surface area contributed by atoms with Crippen LogP contribution < -0.4 is 10.1 Å². The summed E-state index contributed by atoms with van der Waals surface area (Å²) in [6.45, 7) is 4.71. The Morgan fingerprint density at radius 1 is 1.32 bits per heavy atom. The van der Waals surface area contributed by atoms with Gasteiger partial charge in [0, 0.05) is 50.7 Å². The lowest BCUT2D eigenvalue weighted by molar-refractivity contribution is 0.00115. The van der Waals surface area contributed by atoms with E-state index in [9.17, 15) is 9.90 Å². The van der Waals surface area contributed by atoms with Crippen LogP contribution in [0, 0.1) is 12.8 Å². The summed E-state index contributed by atoms with van der Waals surface area (Å²) in [6, 6.07) is 7.67. The van der Waals surface area contributed by atoms with E-state index in [4.69, 9.17) is 13.9 Å². The number of nitrogens with zero attached hydrogens (tertiary/aromatic N) is 3. The van der Waals surface area contributed by atoms with Crippen molar-refractivity contribution in [1.29, 1.82) is 0 Å². The number of benzene rings is 1. The third-order valence-electron chi connectivity index (χ3n) is 7.64. The van der Waals surface area contributed by atoms with Gasteiger partial charge in [0.25, 0.3) is 5.91 Å². The number of nitrogens with one attached hydrogen (secondary N) is 1. The Labute approximate surface area is 223 Å². The highest BCUT2D eigenvalue weighted by molar-refractivity contribution is 5.94. The van der Waals surface area contributed by atoms with Gasteiger partial charge in [-0.3, -0.25) is 14.7 Å². The minimum atomic E-state index is -0.659. The van der Waals surface area contributed by atoms with Crippen LogP contribution >= 0.6 is 0 Å². The highest BCUT2D eigenvalue weighted by Gasteiger charge is 2.29. The number of hydrogen-bond acceptors (Lipinski definition) is 8. The first-order valence-electron chi connectivity index (χ1n) is 13.3. The monoisotopic (exact) mass is 520 g/mol. The number of amides is 1. The molecule has 1 saturated carbocycles. The molecule has 1 amide bonds. The predicted octanol–water partition coefficient (Wildman–Crippen LogP) is 3.07. The van der Waals surface area contributed by atoms with E-state index < -0.39 is 6.10 Å². The Bertz CT molecular complexity index is 1230. The standard InChI is InChI=1S/C29H36N4O5/c1-19-27-6-8-33(15-22(27)3-4-28(19)37-17-26-14-30-18-38-26)16-24(34)13-32-29(35)21-5-7-31-23(12-21)9-20-10-25(11-20)36-2/h3-5,7,12,14,18,20,24-25,34H,6,8-11,13,15-17H2,1-2H3,(H,32,35)/t20?,24-,25?/m0/s1. The average molecular weight is 521 g/mol. The first-order chi connectivity index (χ1) is 18.5. The first kappa shape index (κ1) is 26.3. The number of methoxy groups -OCH3 is 1. The average Bonchev–Trinajstić information content (AvgIpc) is 3.42. The van der Waals surface area contributed by atoms with Gasteiger partial charge >= 0.3 is 0 Å². The molecule has 3 heterocycles. The second-order valence-electron chi connectivity index (χ2n) is 10.4. The Hall–Kier alpha value is -3.27. The van der Waals surface area contributed by atoms with Crippen LogP contribution in [-0.2, 0) is 30.7 Å². The first-order valence-corrected chi connectivity index (χ1v) is 13.3. The number of aliphatic hydroxyl groups is 1. The van der Waals surface area contributed by atoms with Crippen LogP contribution in [0.5, 0.6) is 5.75 Å². The van der Waals surface area contributed by atoms with Gasteiger partial charge in [0.15, 0.2) is 12.2 Å². The number of carbonyl (C=O) groups excluding carboxylic acids is 1. The molecule has 1 aromatic carbocycles. The molecule has 0 radical (unpaired) electrons. The van der Waals surface area contributed by atoms with E-state index in [0.717, 1.165) is 55.8 Å². The number of carbonyl (C=O) groups is 1. The zero-order valence-corrected chi connectivity index (χ0v) is 22.1. The number of oxazole rings is 1. The summed E-state index contributed by atoms with van der Waals surface area (Å²) in [7, 11) is 1.75. The number of rotatable bonds is 11. The van der Waals surface area contributed by atoms with Gasteiger partial charge < -0.3 is 24.3 Å². The Balaban J connectivity index is 1.08. The summed E-state index contributed by atoms with van der Waals surface area (Å²) in [5.74, 6) is 1.91. The number of ether oxygens (including phenoxy) is 2. The highest BCUT2D eigenvalue weighted by Crippen LogP contribution is 2.32. The third-order valence-corrected chi connectivity index (χ3v) is 7.64. The van der Waals surface area contributed by atoms with E-state index in [-0.39, 0.29) is 12.5 Å². The van der Waals surface area contributed by atoms with Crippen LogP contribution in [0.4, 0.5) is 0 Å². The molecule has 9 nitrogen and oxygen atoms in total. The number of hydrogen-bond donors (Lipinski definition) is 2. The molecule has 1 aliphatic heterocycles. The fraction of sp³-hybridized carbons (Fsp3) is 0.483. The highest BCUT2D eigenvalue weighted by atomic mass is 16.5. The van der Waals surface area contributed by atoms with Crippen molar-refractivity contribution in [3.05, 3.63) is 76.8 Å². The fourth-order valence-corrected chi connectivity index (χ4v) is 5.39. The van der Waals surface area contributed by atoms with Gasteiger partial charge in [0.2, 0.25) is 0 Å². The van der Waals surface area contributed by atoms with Crippen LogP contribution in [0.2, 0.25) is 0 Å². The lowest BCUT2D eigenvalue weighted by Crippen LogP contribution is -2.42. The maximum atomic E-state index is 12.7. The van der Waals surface area contributed by atoms with Crippen LogP contribution in [0.1, 0.15) is 51.3 Å². The van der Waals surface area contributed by atoms with Crippen LogP contribution in [-0.4, -0.2) is 64.8 Å². The van der Waals surface area contributed by atoms with Gasteiger partial charge in [0.1, 0.15) is 12.4 Å². The van der Waals surface area contributed by atoms with E-state index in [1.807, 2.05) is 12.1 Å². The van der Waals surface area contributed by atoms with Crippen LogP contribution in [0.3, 0.4) is 0 Å². The summed E-state index contributed by atoms with van der Waals surface area (Å²) in [4.78, 5) is 23.3. The van der Waals surface area contributed by atoms with Gasteiger partial charge in [-0.25, -0.2) is 4.98 Å². The topological polar surface area (TPSA) is 110 Å². The fourth-order valence-electron chi connectivity index (χ4n) is 5.39. The summed E-state index contributed by atoms with van der Waals surface area (Å²) in [5.41, 5.74) is 5.18. The zero-order chi connectivity index (χ0) is 26.5. The molecule has 0 bridgehead atoms. The van der Waals surface area contributed by atoms with Crippen molar-refractivity contribution in [3.63, 3.8) is 0 Å². The van der Waals surface area contributed by atoms with Crippen molar-refractivity contribution < 1.29 is 23.8 Å². The van der Waals surface area contributed by atoms with Gasteiger partial charge in [-0.15, -0.1) is 0 Å². The predicted molar refractivity (Wildman–Crippen MR) is 141 cm³/mol. The zero-order valence-electron chi connectivity index (χ0n) is 22.1. The minimum Gasteiger partial charge on any atom is -0.485 e. The molecule has 3 aromatic rings. The van der Waals surface area contributed by atoms with Crippen molar-refractivity contribution in [2.75, 3.05) is 26.7 Å². The molecule has 202 valence electrons. The molecule has 1 fully saturated rings. The summed E-state index contributed by atoms with van der Waals surface area (Å²) < 4.78 is 16.5. The summed E-state index contributed by atoms with van der Waals surface area (Å²) in [5, 5.41) is 13.5. The van der Waals surface area contributed by atoms with Crippen LogP contribution in [0.25, 0.3) is 0 Å². The van der Waals surface area contributed by atoms with Crippen molar-refractivity contribution in [2.24, 2.45) is 5.92 Å². The molecule has 2 aliphatic rings. The number of β-amino-alcohol motifs (C(OH)–C–C–N with tert-alkyl or cyclic N) is 1. The normalized spacial score (nSPS) is 19.9. The summed E-state index contributed by atoms with van der Waals surface area (Å²) in [6.07, 6.45) is 8.25. The van der Waals surface area contributed by atoms with Crippen molar-refractivity contribution >= 4 is 5.91 Å². The molecule has 1 aliphatic carbocycles. The third kappa shape index (κ3) is 6.40.